The molecule has 2 aliphatic heterocycles. The predicted molar refractivity (Wildman–Crippen MR) is 146 cm³/mol. The normalized spacial score (nSPS) is 16.9. The van der Waals surface area contributed by atoms with Crippen LogP contribution in [0.2, 0.25) is 5.02 Å². The molecule has 2 aromatic heterocycles. The highest BCUT2D eigenvalue weighted by Crippen LogP contribution is 2.37. The Morgan fingerprint density at radius 3 is 2.29 bits per heavy atom. The molecule has 1 N–H and O–H groups in total. The molecule has 0 aliphatic carbocycles. The molecule has 2 aromatic carbocycles. The number of likely N-dealkylation sites (tertiary alicyclic amines) is 1. The fourth-order valence-electron chi connectivity index (χ4n) is 5.66. The van der Waals surface area contributed by atoms with E-state index < -0.39 is 17.6 Å². The quantitative estimate of drug-likeness (QED) is 0.308. The van der Waals surface area contributed by atoms with Gasteiger partial charge in [0.2, 0.25) is 0 Å². The van der Waals surface area contributed by atoms with E-state index in [4.69, 9.17) is 11.6 Å². The van der Waals surface area contributed by atoms with Gasteiger partial charge in [0.05, 0.1) is 29.2 Å². The van der Waals surface area contributed by atoms with E-state index in [9.17, 15) is 22.4 Å². The maximum atomic E-state index is 14.5. The lowest BCUT2D eigenvalue weighted by atomic mass is 9.86. The van der Waals surface area contributed by atoms with E-state index in [2.05, 4.69) is 20.3 Å². The number of rotatable bonds is 4. The third-order valence-corrected chi connectivity index (χ3v) is 8.08. The third kappa shape index (κ3) is 5.15. The number of alkyl halides is 3. The van der Waals surface area contributed by atoms with E-state index in [0.717, 1.165) is 37.2 Å². The molecule has 4 aromatic rings. The SMILES string of the molecule is O=C(c1cc(-c2ccncc2)n(-c2ccc(C(F)(F)F)c(F)c2)n1)N1CCC2(CC1)CNCN2c1ccc(Cl)cc1. The number of nitrogens with one attached hydrogen (secondary N) is 1. The Balaban J connectivity index is 1.27. The Morgan fingerprint density at radius 1 is 0.951 bits per heavy atom. The monoisotopic (exact) mass is 584 g/mol. The number of carbonyl (C=O) groups is 1. The first-order valence-corrected chi connectivity index (χ1v) is 13.4. The molecular weight excluding hydrogens is 560 g/mol. The zero-order chi connectivity index (χ0) is 28.8. The third-order valence-electron chi connectivity index (χ3n) is 7.82. The molecular formula is C29H25ClF4N6O. The lowest BCUT2D eigenvalue weighted by Crippen LogP contribution is -2.55. The smallest absolute Gasteiger partial charge is 0.352 e. The van der Waals surface area contributed by atoms with Crippen molar-refractivity contribution in [3.8, 4) is 16.9 Å². The minimum atomic E-state index is -4.83. The van der Waals surface area contributed by atoms with Crippen LogP contribution in [0.4, 0.5) is 23.2 Å². The number of hydrogen-bond acceptors (Lipinski definition) is 5. The number of anilines is 1. The highest BCUT2D eigenvalue weighted by atomic mass is 35.5. The van der Waals surface area contributed by atoms with Crippen molar-refractivity contribution in [3.05, 3.63) is 95.2 Å². The van der Waals surface area contributed by atoms with Gasteiger partial charge in [-0.25, -0.2) is 9.07 Å². The molecule has 0 atom stereocenters. The lowest BCUT2D eigenvalue weighted by Gasteiger charge is -2.45. The molecule has 1 amide bonds. The molecule has 6 rings (SSSR count). The number of carbonyl (C=O) groups excluding carboxylic acids is 1. The van der Waals surface area contributed by atoms with Gasteiger partial charge in [-0.3, -0.25) is 15.1 Å². The largest absolute Gasteiger partial charge is 0.419 e. The Morgan fingerprint density at radius 2 is 1.63 bits per heavy atom. The molecule has 0 unspecified atom stereocenters. The molecule has 2 fully saturated rings. The number of amides is 1. The summed E-state index contributed by atoms with van der Waals surface area (Å²) < 4.78 is 55.2. The first-order chi connectivity index (χ1) is 19.6. The molecule has 41 heavy (non-hydrogen) atoms. The van der Waals surface area contributed by atoms with Gasteiger partial charge in [0.1, 0.15) is 5.82 Å². The van der Waals surface area contributed by atoms with Crippen LogP contribution < -0.4 is 10.2 Å². The number of piperidine rings is 1. The summed E-state index contributed by atoms with van der Waals surface area (Å²) in [5.74, 6) is -1.72. The predicted octanol–water partition coefficient (Wildman–Crippen LogP) is 5.79. The van der Waals surface area contributed by atoms with Gasteiger partial charge in [0, 0.05) is 54.4 Å². The molecule has 0 radical (unpaired) electrons. The number of aromatic nitrogens is 3. The number of nitrogens with zero attached hydrogens (tertiary/aromatic N) is 5. The second kappa shape index (κ2) is 10.5. The van der Waals surface area contributed by atoms with E-state index in [-0.39, 0.29) is 22.8 Å². The van der Waals surface area contributed by atoms with E-state index in [1.54, 1.807) is 35.5 Å². The zero-order valence-electron chi connectivity index (χ0n) is 21.7. The number of halogens is 5. The Hall–Kier alpha value is -3.96. The molecule has 2 aliphatic rings. The topological polar surface area (TPSA) is 66.3 Å². The van der Waals surface area contributed by atoms with Gasteiger partial charge in [0.25, 0.3) is 5.91 Å². The maximum Gasteiger partial charge on any atom is 0.419 e. The minimum absolute atomic E-state index is 0.0644. The summed E-state index contributed by atoms with van der Waals surface area (Å²) in [6.07, 6.45) is -0.264. The van der Waals surface area contributed by atoms with Gasteiger partial charge >= 0.3 is 6.18 Å². The van der Waals surface area contributed by atoms with Crippen LogP contribution in [0, 0.1) is 5.82 Å². The second-order valence-corrected chi connectivity index (χ2v) is 10.7. The van der Waals surface area contributed by atoms with Gasteiger partial charge in [-0.1, -0.05) is 11.6 Å². The van der Waals surface area contributed by atoms with Crippen molar-refractivity contribution in [1.82, 2.24) is 25.0 Å². The fourth-order valence-corrected chi connectivity index (χ4v) is 5.79. The van der Waals surface area contributed by atoms with E-state index in [1.165, 1.54) is 4.68 Å². The van der Waals surface area contributed by atoms with Crippen LogP contribution in [0.3, 0.4) is 0 Å². The summed E-state index contributed by atoms with van der Waals surface area (Å²) in [4.78, 5) is 21.7. The van der Waals surface area contributed by atoms with Crippen LogP contribution >= 0.6 is 11.6 Å². The van der Waals surface area contributed by atoms with Crippen molar-refractivity contribution in [2.75, 3.05) is 31.2 Å². The maximum absolute atomic E-state index is 14.5. The molecule has 12 heteroatoms. The summed E-state index contributed by atoms with van der Waals surface area (Å²) in [5.41, 5.74) is 0.776. The van der Waals surface area contributed by atoms with Crippen molar-refractivity contribution in [1.29, 1.82) is 0 Å². The van der Waals surface area contributed by atoms with E-state index in [1.807, 2.05) is 24.3 Å². The van der Waals surface area contributed by atoms with Gasteiger partial charge in [0.15, 0.2) is 5.69 Å². The van der Waals surface area contributed by atoms with Crippen LogP contribution in [0.1, 0.15) is 28.9 Å². The van der Waals surface area contributed by atoms with Crippen molar-refractivity contribution in [2.24, 2.45) is 0 Å². The Bertz CT molecular complexity index is 1570. The van der Waals surface area contributed by atoms with Gasteiger partial charge in [-0.15, -0.1) is 0 Å². The summed E-state index contributed by atoms with van der Waals surface area (Å²) in [5, 5.41) is 8.57. The highest BCUT2D eigenvalue weighted by Gasteiger charge is 2.44. The molecule has 1 spiro atoms. The van der Waals surface area contributed by atoms with Crippen LogP contribution in [-0.2, 0) is 6.18 Å². The van der Waals surface area contributed by atoms with Crippen molar-refractivity contribution < 1.29 is 22.4 Å². The van der Waals surface area contributed by atoms with Crippen LogP contribution in [-0.4, -0.2) is 57.4 Å². The highest BCUT2D eigenvalue weighted by molar-refractivity contribution is 6.30. The summed E-state index contributed by atoms with van der Waals surface area (Å²) >= 11 is 6.08. The summed E-state index contributed by atoms with van der Waals surface area (Å²) in [7, 11) is 0. The van der Waals surface area contributed by atoms with E-state index >= 15 is 0 Å². The fraction of sp³-hybridized carbons (Fsp3) is 0.276. The lowest BCUT2D eigenvalue weighted by molar-refractivity contribution is -0.140. The van der Waals surface area contributed by atoms with E-state index in [0.29, 0.717) is 42.1 Å². The summed E-state index contributed by atoms with van der Waals surface area (Å²) in [6, 6.07) is 15.3. The number of pyridine rings is 1. The van der Waals surface area contributed by atoms with Gasteiger partial charge < -0.3 is 9.80 Å². The molecule has 212 valence electrons. The number of hydrogen-bond donors (Lipinski definition) is 1. The number of benzene rings is 2. The molecule has 2 saturated heterocycles. The van der Waals surface area contributed by atoms with Crippen molar-refractivity contribution in [2.45, 2.75) is 24.6 Å². The summed E-state index contributed by atoms with van der Waals surface area (Å²) in [6.45, 7) is 2.48. The molecule has 0 saturated carbocycles. The Labute approximate surface area is 238 Å². The molecule has 4 heterocycles. The Kier molecular flexibility index (Phi) is 6.95. The van der Waals surface area contributed by atoms with Crippen molar-refractivity contribution in [3.63, 3.8) is 0 Å². The van der Waals surface area contributed by atoms with Gasteiger partial charge in [-0.05, 0) is 67.4 Å². The standard InChI is InChI=1S/C29H25ClF4N6O/c30-20-1-3-21(4-2-20)39-18-36-17-28(39)9-13-38(14-10-28)27(41)25-16-26(19-7-11-35-12-8-19)40(37-25)22-5-6-23(24(31)15-22)29(32,33)34/h1-8,11-12,15-16,36H,9-10,13-14,17-18H2. The first-order valence-electron chi connectivity index (χ1n) is 13.1. The van der Waals surface area contributed by atoms with Crippen LogP contribution in [0.5, 0.6) is 0 Å². The average molecular weight is 585 g/mol. The minimum Gasteiger partial charge on any atom is -0.352 e. The van der Waals surface area contributed by atoms with Crippen LogP contribution in [0.15, 0.2) is 73.1 Å². The molecule has 0 bridgehead atoms. The first kappa shape index (κ1) is 27.2. The molecule has 7 nitrogen and oxygen atoms in total. The average Bonchev–Trinajstić information content (AvgIpc) is 3.58. The second-order valence-electron chi connectivity index (χ2n) is 10.2. The van der Waals surface area contributed by atoms with Crippen LogP contribution in [0.25, 0.3) is 16.9 Å². The zero-order valence-corrected chi connectivity index (χ0v) is 22.5. The van der Waals surface area contributed by atoms with Crippen molar-refractivity contribution >= 4 is 23.2 Å². The van der Waals surface area contributed by atoms with Gasteiger partial charge in [-0.2, -0.15) is 18.3 Å².